The summed E-state index contributed by atoms with van der Waals surface area (Å²) < 4.78 is 17.7. The van der Waals surface area contributed by atoms with E-state index in [1.807, 2.05) is 31.3 Å². The molecule has 0 aliphatic heterocycles. The van der Waals surface area contributed by atoms with Crippen LogP contribution in [0, 0.1) is 19.7 Å². The van der Waals surface area contributed by atoms with Gasteiger partial charge in [0.2, 0.25) is 0 Å². The van der Waals surface area contributed by atoms with E-state index >= 15 is 0 Å². The van der Waals surface area contributed by atoms with E-state index in [9.17, 15) is 18.8 Å². The lowest BCUT2D eigenvalue weighted by molar-refractivity contribution is -0.123. The van der Waals surface area contributed by atoms with Crippen molar-refractivity contribution in [1.82, 2.24) is 5.32 Å². The highest BCUT2D eigenvalue weighted by Gasteiger charge is 2.16. The number of halogens is 2. The minimum absolute atomic E-state index is 0.0828. The fraction of sp³-hybridized carbons (Fsp3) is 0.167. The second-order valence-electron chi connectivity index (χ2n) is 5.52. The van der Waals surface area contributed by atoms with Crippen molar-refractivity contribution in [3.05, 3.63) is 63.9 Å². The summed E-state index contributed by atoms with van der Waals surface area (Å²) >= 11 is 5.73. The Bertz CT molecular complexity index is 870. The molecule has 136 valence electrons. The maximum Gasteiger partial charge on any atom is 0.340 e. The lowest BCUT2D eigenvalue weighted by atomic mass is 10.1. The number of rotatable bonds is 4. The molecule has 0 fully saturated rings. The van der Waals surface area contributed by atoms with Gasteiger partial charge in [-0.15, -0.1) is 0 Å². The van der Waals surface area contributed by atoms with E-state index in [1.165, 1.54) is 0 Å². The SMILES string of the molecule is Cc1ccc(NC(=O)NC(=O)COC(=O)c2ccc(F)cc2Cl)c(C)c1. The summed E-state index contributed by atoms with van der Waals surface area (Å²) in [6.07, 6.45) is 0. The van der Waals surface area contributed by atoms with Crippen LogP contribution in [0.2, 0.25) is 5.02 Å². The van der Waals surface area contributed by atoms with Gasteiger partial charge in [0.25, 0.3) is 5.91 Å². The van der Waals surface area contributed by atoms with Gasteiger partial charge in [-0.05, 0) is 43.7 Å². The van der Waals surface area contributed by atoms with E-state index in [1.54, 1.807) is 6.07 Å². The normalized spacial score (nSPS) is 10.2. The van der Waals surface area contributed by atoms with E-state index in [0.717, 1.165) is 29.3 Å². The van der Waals surface area contributed by atoms with Crippen molar-refractivity contribution < 1.29 is 23.5 Å². The topological polar surface area (TPSA) is 84.5 Å². The van der Waals surface area contributed by atoms with Gasteiger partial charge in [0.1, 0.15) is 5.82 Å². The smallest absolute Gasteiger partial charge is 0.340 e. The number of anilines is 1. The summed E-state index contributed by atoms with van der Waals surface area (Å²) in [7, 11) is 0. The van der Waals surface area contributed by atoms with Gasteiger partial charge in [-0.1, -0.05) is 29.3 Å². The first-order valence-electron chi connectivity index (χ1n) is 7.56. The summed E-state index contributed by atoms with van der Waals surface area (Å²) in [5, 5.41) is 4.43. The van der Waals surface area contributed by atoms with Crippen LogP contribution in [0.15, 0.2) is 36.4 Å². The molecular formula is C18H16ClFN2O4. The average Bonchev–Trinajstić information content (AvgIpc) is 2.55. The number of carbonyl (C=O) groups is 3. The summed E-state index contributed by atoms with van der Waals surface area (Å²) in [4.78, 5) is 35.4. The molecule has 26 heavy (non-hydrogen) atoms. The van der Waals surface area contributed by atoms with Crippen LogP contribution in [0.5, 0.6) is 0 Å². The Morgan fingerprint density at radius 2 is 1.85 bits per heavy atom. The van der Waals surface area contributed by atoms with Gasteiger partial charge in [0, 0.05) is 5.69 Å². The molecule has 0 atom stereocenters. The Morgan fingerprint density at radius 3 is 2.50 bits per heavy atom. The summed E-state index contributed by atoms with van der Waals surface area (Å²) in [5.74, 6) is -2.33. The van der Waals surface area contributed by atoms with Crippen molar-refractivity contribution in [3.8, 4) is 0 Å². The molecule has 0 saturated heterocycles. The van der Waals surface area contributed by atoms with Crippen LogP contribution in [-0.4, -0.2) is 24.5 Å². The maximum absolute atomic E-state index is 13.0. The molecule has 0 aromatic heterocycles. The molecule has 0 saturated carbocycles. The van der Waals surface area contributed by atoms with Crippen LogP contribution in [0.1, 0.15) is 21.5 Å². The molecule has 8 heteroatoms. The average molecular weight is 379 g/mol. The molecule has 0 aliphatic rings. The zero-order valence-corrected chi connectivity index (χ0v) is 14.8. The molecule has 2 rings (SSSR count). The second-order valence-corrected chi connectivity index (χ2v) is 5.93. The van der Waals surface area contributed by atoms with E-state index in [0.29, 0.717) is 5.69 Å². The molecule has 0 unspecified atom stereocenters. The van der Waals surface area contributed by atoms with Crippen LogP contribution in [-0.2, 0) is 9.53 Å². The van der Waals surface area contributed by atoms with Crippen LogP contribution in [0.25, 0.3) is 0 Å². The first-order chi connectivity index (χ1) is 12.3. The lowest BCUT2D eigenvalue weighted by Crippen LogP contribution is -2.37. The number of ether oxygens (including phenoxy) is 1. The Balaban J connectivity index is 1.86. The standard InChI is InChI=1S/C18H16ClFN2O4/c1-10-3-6-15(11(2)7-10)21-18(25)22-16(23)9-26-17(24)13-5-4-12(20)8-14(13)19/h3-8H,9H2,1-2H3,(H2,21,22,23,25). The zero-order chi connectivity index (χ0) is 19.3. The molecular weight excluding hydrogens is 363 g/mol. The van der Waals surface area contributed by atoms with E-state index in [-0.39, 0.29) is 10.6 Å². The number of hydrogen-bond donors (Lipinski definition) is 2. The van der Waals surface area contributed by atoms with Gasteiger partial charge in [0.05, 0.1) is 10.6 Å². The predicted octanol–water partition coefficient (Wildman–Crippen LogP) is 3.60. The second kappa shape index (κ2) is 8.44. The Morgan fingerprint density at radius 1 is 1.12 bits per heavy atom. The largest absolute Gasteiger partial charge is 0.452 e. The number of hydrogen-bond acceptors (Lipinski definition) is 4. The van der Waals surface area contributed by atoms with Crippen molar-refractivity contribution >= 4 is 35.2 Å². The predicted molar refractivity (Wildman–Crippen MR) is 94.8 cm³/mol. The fourth-order valence-corrected chi connectivity index (χ4v) is 2.38. The van der Waals surface area contributed by atoms with Crippen LogP contribution >= 0.6 is 11.6 Å². The van der Waals surface area contributed by atoms with Gasteiger partial charge in [-0.3, -0.25) is 10.1 Å². The molecule has 2 aromatic carbocycles. The van der Waals surface area contributed by atoms with Gasteiger partial charge in [0.15, 0.2) is 6.61 Å². The first-order valence-corrected chi connectivity index (χ1v) is 7.94. The van der Waals surface area contributed by atoms with Crippen molar-refractivity contribution in [2.24, 2.45) is 0 Å². The van der Waals surface area contributed by atoms with Crippen molar-refractivity contribution in [2.45, 2.75) is 13.8 Å². The van der Waals surface area contributed by atoms with Gasteiger partial charge >= 0.3 is 12.0 Å². The maximum atomic E-state index is 13.0. The van der Waals surface area contributed by atoms with Crippen molar-refractivity contribution in [2.75, 3.05) is 11.9 Å². The van der Waals surface area contributed by atoms with E-state index in [2.05, 4.69) is 5.32 Å². The van der Waals surface area contributed by atoms with Gasteiger partial charge < -0.3 is 10.1 Å². The number of aryl methyl sites for hydroxylation is 2. The molecule has 0 aliphatic carbocycles. The molecule has 0 radical (unpaired) electrons. The van der Waals surface area contributed by atoms with E-state index in [4.69, 9.17) is 16.3 Å². The number of benzene rings is 2. The lowest BCUT2D eigenvalue weighted by Gasteiger charge is -2.10. The molecule has 2 aromatic rings. The highest BCUT2D eigenvalue weighted by molar-refractivity contribution is 6.33. The number of nitrogens with one attached hydrogen (secondary N) is 2. The quantitative estimate of drug-likeness (QED) is 0.796. The number of carbonyl (C=O) groups excluding carboxylic acids is 3. The van der Waals surface area contributed by atoms with Crippen molar-refractivity contribution in [1.29, 1.82) is 0 Å². The number of imide groups is 1. The Kier molecular flexibility index (Phi) is 6.30. The summed E-state index contributed by atoms with van der Waals surface area (Å²) in [5.41, 5.74) is 2.34. The molecule has 2 N–H and O–H groups in total. The molecule has 0 spiro atoms. The van der Waals surface area contributed by atoms with Crippen LogP contribution in [0.4, 0.5) is 14.9 Å². The third kappa shape index (κ3) is 5.29. The Labute approximate surface area is 154 Å². The van der Waals surface area contributed by atoms with Gasteiger partial charge in [-0.25, -0.2) is 14.0 Å². The molecule has 3 amide bonds. The third-order valence-electron chi connectivity index (χ3n) is 3.37. The van der Waals surface area contributed by atoms with Crippen molar-refractivity contribution in [3.63, 3.8) is 0 Å². The van der Waals surface area contributed by atoms with E-state index < -0.39 is 30.3 Å². The first kappa shape index (κ1) is 19.4. The highest BCUT2D eigenvalue weighted by Crippen LogP contribution is 2.18. The zero-order valence-electron chi connectivity index (χ0n) is 14.1. The summed E-state index contributed by atoms with van der Waals surface area (Å²) in [6, 6.07) is 7.80. The van der Waals surface area contributed by atoms with Gasteiger partial charge in [-0.2, -0.15) is 0 Å². The number of esters is 1. The minimum Gasteiger partial charge on any atom is -0.452 e. The highest BCUT2D eigenvalue weighted by atomic mass is 35.5. The molecule has 0 bridgehead atoms. The monoisotopic (exact) mass is 378 g/mol. The number of amides is 3. The minimum atomic E-state index is -0.903. The van der Waals surface area contributed by atoms with Crippen LogP contribution in [0.3, 0.4) is 0 Å². The van der Waals surface area contributed by atoms with Crippen LogP contribution < -0.4 is 10.6 Å². The third-order valence-corrected chi connectivity index (χ3v) is 3.68. The molecule has 6 nitrogen and oxygen atoms in total. The number of urea groups is 1. The summed E-state index contributed by atoms with van der Waals surface area (Å²) in [6.45, 7) is 3.05. The Hall–Kier alpha value is -2.93. The molecule has 0 heterocycles. The fourth-order valence-electron chi connectivity index (χ4n) is 2.13.